The highest BCUT2D eigenvalue weighted by Crippen LogP contribution is 2.21. The summed E-state index contributed by atoms with van der Waals surface area (Å²) < 4.78 is 10.1. The summed E-state index contributed by atoms with van der Waals surface area (Å²) in [6.07, 6.45) is 3.24. The van der Waals surface area contributed by atoms with Crippen LogP contribution in [-0.4, -0.2) is 24.0 Å². The third kappa shape index (κ3) is 2.46. The first-order chi connectivity index (χ1) is 9.76. The highest BCUT2D eigenvalue weighted by atomic mass is 32.1. The minimum Gasteiger partial charge on any atom is -0.481 e. The molecule has 3 rings (SSSR count). The molecule has 3 heterocycles. The summed E-state index contributed by atoms with van der Waals surface area (Å²) in [4.78, 5) is 20.9. The Balaban J connectivity index is 1.88. The molecular weight excluding hydrogens is 276 g/mol. The van der Waals surface area contributed by atoms with Gasteiger partial charge in [0.2, 0.25) is 11.8 Å². The van der Waals surface area contributed by atoms with Crippen LogP contribution in [0.3, 0.4) is 0 Å². The number of ether oxygens (including phenoxy) is 2. The number of thiophene rings is 1. The van der Waals surface area contributed by atoms with E-state index in [0.717, 1.165) is 10.4 Å². The normalized spacial score (nSPS) is 16.1. The molecule has 100 valence electrons. The molecule has 6 heteroatoms. The topological polar surface area (TPSA) is 60.8 Å². The van der Waals surface area contributed by atoms with E-state index in [1.54, 1.807) is 31.5 Å². The Morgan fingerprint density at radius 1 is 1.35 bits per heavy atom. The molecule has 0 bridgehead atoms. The Labute approximate surface area is 119 Å². The van der Waals surface area contributed by atoms with Crippen molar-refractivity contribution in [2.24, 2.45) is 4.99 Å². The summed E-state index contributed by atoms with van der Waals surface area (Å²) in [6.45, 7) is 0. The van der Waals surface area contributed by atoms with Gasteiger partial charge < -0.3 is 9.47 Å². The summed E-state index contributed by atoms with van der Waals surface area (Å²) in [6, 6.07) is 7.25. The van der Waals surface area contributed by atoms with E-state index in [1.807, 2.05) is 17.5 Å². The van der Waals surface area contributed by atoms with E-state index in [-0.39, 0.29) is 5.70 Å². The molecule has 0 aromatic carbocycles. The van der Waals surface area contributed by atoms with Gasteiger partial charge in [-0.15, -0.1) is 11.3 Å². The van der Waals surface area contributed by atoms with Crippen LogP contribution in [0.2, 0.25) is 0 Å². The van der Waals surface area contributed by atoms with Gasteiger partial charge in [0.1, 0.15) is 0 Å². The Hall–Kier alpha value is -2.47. The second-order valence-electron chi connectivity index (χ2n) is 3.95. The number of esters is 1. The van der Waals surface area contributed by atoms with Gasteiger partial charge in [0.05, 0.1) is 12.0 Å². The van der Waals surface area contributed by atoms with Crippen LogP contribution >= 0.6 is 11.3 Å². The maximum Gasteiger partial charge on any atom is 0.363 e. The fourth-order valence-corrected chi connectivity index (χ4v) is 2.32. The van der Waals surface area contributed by atoms with Crippen molar-refractivity contribution < 1.29 is 14.3 Å². The van der Waals surface area contributed by atoms with E-state index in [4.69, 9.17) is 9.47 Å². The lowest BCUT2D eigenvalue weighted by Crippen LogP contribution is -2.03. The molecule has 0 saturated heterocycles. The first-order valence-corrected chi connectivity index (χ1v) is 6.71. The number of aliphatic imine (C=N–C) groups is 1. The quantitative estimate of drug-likeness (QED) is 0.642. The van der Waals surface area contributed by atoms with Crippen molar-refractivity contribution in [3.63, 3.8) is 0 Å². The highest BCUT2D eigenvalue weighted by Gasteiger charge is 2.24. The summed E-state index contributed by atoms with van der Waals surface area (Å²) in [5.41, 5.74) is 1.02. The van der Waals surface area contributed by atoms with Crippen LogP contribution in [0, 0.1) is 0 Å². The Kier molecular flexibility index (Phi) is 3.30. The Morgan fingerprint density at radius 2 is 2.25 bits per heavy atom. The molecule has 0 amide bonds. The van der Waals surface area contributed by atoms with Crippen LogP contribution in [0.25, 0.3) is 6.08 Å². The number of carbonyl (C=O) groups is 1. The molecule has 0 fully saturated rings. The van der Waals surface area contributed by atoms with Crippen LogP contribution in [0.15, 0.2) is 46.5 Å². The molecule has 20 heavy (non-hydrogen) atoms. The van der Waals surface area contributed by atoms with E-state index in [0.29, 0.717) is 11.8 Å². The van der Waals surface area contributed by atoms with Gasteiger partial charge in [-0.05, 0) is 29.2 Å². The van der Waals surface area contributed by atoms with Crippen LogP contribution in [0.5, 0.6) is 5.88 Å². The SMILES string of the molecule is COc1ccc(/C=C2\N=C(c3cccs3)OC2=O)cn1. The monoisotopic (exact) mass is 286 g/mol. The van der Waals surface area contributed by atoms with Crippen molar-refractivity contribution in [3.8, 4) is 5.88 Å². The van der Waals surface area contributed by atoms with E-state index < -0.39 is 5.97 Å². The molecule has 0 spiro atoms. The molecule has 5 nitrogen and oxygen atoms in total. The number of hydrogen-bond donors (Lipinski definition) is 0. The average molecular weight is 286 g/mol. The fraction of sp³-hybridized carbons (Fsp3) is 0.0714. The zero-order chi connectivity index (χ0) is 13.9. The van der Waals surface area contributed by atoms with E-state index >= 15 is 0 Å². The second-order valence-corrected chi connectivity index (χ2v) is 4.89. The molecule has 2 aromatic heterocycles. The molecule has 2 aromatic rings. The van der Waals surface area contributed by atoms with Crippen molar-refractivity contribution in [1.82, 2.24) is 4.98 Å². The predicted molar refractivity (Wildman–Crippen MR) is 75.7 cm³/mol. The van der Waals surface area contributed by atoms with E-state index in [9.17, 15) is 4.79 Å². The van der Waals surface area contributed by atoms with Crippen LogP contribution in [0.1, 0.15) is 10.4 Å². The van der Waals surface area contributed by atoms with Gasteiger partial charge in [0, 0.05) is 12.3 Å². The van der Waals surface area contributed by atoms with E-state index in [2.05, 4.69) is 9.98 Å². The summed E-state index contributed by atoms with van der Waals surface area (Å²) in [7, 11) is 1.55. The number of hydrogen-bond acceptors (Lipinski definition) is 6. The molecule has 0 aliphatic carbocycles. The second kappa shape index (κ2) is 5.26. The smallest absolute Gasteiger partial charge is 0.363 e. The van der Waals surface area contributed by atoms with Crippen LogP contribution < -0.4 is 4.74 Å². The lowest BCUT2D eigenvalue weighted by molar-refractivity contribution is -0.129. The number of pyridine rings is 1. The minimum absolute atomic E-state index is 0.264. The summed E-state index contributed by atoms with van der Waals surface area (Å²) in [5, 5.41) is 1.90. The zero-order valence-electron chi connectivity index (χ0n) is 10.6. The van der Waals surface area contributed by atoms with Gasteiger partial charge in [-0.1, -0.05) is 6.07 Å². The molecule has 0 radical (unpaired) electrons. The summed E-state index contributed by atoms with van der Waals surface area (Å²) in [5.74, 6) is 0.408. The molecular formula is C14H10N2O3S. The molecule has 0 saturated carbocycles. The van der Waals surface area contributed by atoms with Gasteiger partial charge in [-0.25, -0.2) is 14.8 Å². The van der Waals surface area contributed by atoms with Crippen molar-refractivity contribution in [3.05, 3.63) is 52.0 Å². The third-order valence-corrected chi connectivity index (χ3v) is 3.48. The number of carbonyl (C=O) groups excluding carboxylic acids is 1. The highest BCUT2D eigenvalue weighted by molar-refractivity contribution is 7.12. The number of aromatic nitrogens is 1. The van der Waals surface area contributed by atoms with Crippen molar-refractivity contribution in [2.45, 2.75) is 0 Å². The number of methoxy groups -OCH3 is 1. The first-order valence-electron chi connectivity index (χ1n) is 5.83. The van der Waals surface area contributed by atoms with E-state index in [1.165, 1.54) is 11.3 Å². The van der Waals surface area contributed by atoms with Gasteiger partial charge in [0.25, 0.3) is 0 Å². The van der Waals surface area contributed by atoms with Crippen molar-refractivity contribution in [2.75, 3.05) is 7.11 Å². The van der Waals surface area contributed by atoms with Crippen molar-refractivity contribution in [1.29, 1.82) is 0 Å². The largest absolute Gasteiger partial charge is 0.481 e. The number of cyclic esters (lactones) is 1. The minimum atomic E-state index is -0.454. The van der Waals surface area contributed by atoms with Crippen LogP contribution in [0.4, 0.5) is 0 Å². The number of rotatable bonds is 3. The lowest BCUT2D eigenvalue weighted by atomic mass is 10.2. The fourth-order valence-electron chi connectivity index (χ4n) is 1.67. The molecule has 1 aliphatic heterocycles. The van der Waals surface area contributed by atoms with Gasteiger partial charge in [-0.2, -0.15) is 0 Å². The zero-order valence-corrected chi connectivity index (χ0v) is 11.4. The number of nitrogens with zero attached hydrogens (tertiary/aromatic N) is 2. The van der Waals surface area contributed by atoms with Crippen molar-refractivity contribution >= 4 is 29.3 Å². The molecule has 0 unspecified atom stereocenters. The predicted octanol–water partition coefficient (Wildman–Crippen LogP) is 2.50. The van der Waals surface area contributed by atoms with Gasteiger partial charge in [-0.3, -0.25) is 0 Å². The standard InChI is InChI=1S/C14H10N2O3S/c1-18-12-5-4-9(8-15-12)7-10-14(17)19-13(16-10)11-3-2-6-20-11/h2-8H,1H3/b10-7-. The van der Waals surface area contributed by atoms with Crippen LogP contribution in [-0.2, 0) is 9.53 Å². The lowest BCUT2D eigenvalue weighted by Gasteiger charge is -1.97. The Morgan fingerprint density at radius 3 is 2.90 bits per heavy atom. The third-order valence-electron chi connectivity index (χ3n) is 2.62. The first kappa shape index (κ1) is 12.6. The summed E-state index contributed by atoms with van der Waals surface area (Å²) >= 11 is 1.47. The average Bonchev–Trinajstić information content (AvgIpc) is 3.10. The molecule has 1 aliphatic rings. The van der Waals surface area contributed by atoms with Gasteiger partial charge in [0.15, 0.2) is 5.70 Å². The Bertz CT molecular complexity index is 688. The molecule has 0 atom stereocenters. The molecule has 0 N–H and O–H groups in total. The maximum absolute atomic E-state index is 11.8. The maximum atomic E-state index is 11.8. The van der Waals surface area contributed by atoms with Gasteiger partial charge >= 0.3 is 5.97 Å².